The predicted octanol–water partition coefficient (Wildman–Crippen LogP) is 3.87. The highest BCUT2D eigenvalue weighted by Gasteiger charge is 2.41. The molecule has 2 aromatic rings. The lowest BCUT2D eigenvalue weighted by molar-refractivity contribution is -0.118. The summed E-state index contributed by atoms with van der Waals surface area (Å²) >= 11 is 3.44. The Balaban J connectivity index is 1.82. The van der Waals surface area contributed by atoms with Crippen molar-refractivity contribution < 1.29 is 17.6 Å². The van der Waals surface area contributed by atoms with Crippen LogP contribution in [0.3, 0.4) is 0 Å². The number of carbonyl (C=O) groups is 1. The molecule has 1 amide bonds. The van der Waals surface area contributed by atoms with Gasteiger partial charge < -0.3 is 9.32 Å². The molecule has 1 saturated heterocycles. The number of furan rings is 1. The van der Waals surface area contributed by atoms with Crippen LogP contribution in [0, 0.1) is 0 Å². The number of fused-ring (bicyclic) bond motifs is 1. The van der Waals surface area contributed by atoms with E-state index in [1.807, 2.05) is 12.1 Å². The van der Waals surface area contributed by atoms with Gasteiger partial charge in [0.1, 0.15) is 10.7 Å². The largest absolute Gasteiger partial charge is 0.468 e. The van der Waals surface area contributed by atoms with Crippen molar-refractivity contribution in [1.82, 2.24) is 4.31 Å². The molecule has 0 spiro atoms. The van der Waals surface area contributed by atoms with Crippen molar-refractivity contribution >= 4 is 37.5 Å². The second-order valence-corrected chi connectivity index (χ2v) is 9.62. The summed E-state index contributed by atoms with van der Waals surface area (Å²) in [6.45, 7) is 2.75. The van der Waals surface area contributed by atoms with Crippen molar-refractivity contribution in [2.45, 2.75) is 43.5 Å². The molecule has 8 heteroatoms. The molecule has 2 aliphatic rings. The maximum atomic E-state index is 13.6. The van der Waals surface area contributed by atoms with Gasteiger partial charge in [-0.2, -0.15) is 4.31 Å². The summed E-state index contributed by atoms with van der Waals surface area (Å²) < 4.78 is 35.0. The van der Waals surface area contributed by atoms with Crippen LogP contribution in [0.4, 0.5) is 5.69 Å². The van der Waals surface area contributed by atoms with Gasteiger partial charge in [0.05, 0.1) is 18.0 Å². The number of hydrogen-bond donors (Lipinski definition) is 0. The monoisotopic (exact) mass is 452 g/mol. The summed E-state index contributed by atoms with van der Waals surface area (Å²) in [6, 6.07) is 6.81. The van der Waals surface area contributed by atoms with Gasteiger partial charge in [-0.1, -0.05) is 22.9 Å². The number of benzene rings is 1. The lowest BCUT2D eigenvalue weighted by Crippen LogP contribution is -2.33. The van der Waals surface area contributed by atoms with E-state index < -0.39 is 10.0 Å². The van der Waals surface area contributed by atoms with Crippen molar-refractivity contribution in [3.8, 4) is 0 Å². The van der Waals surface area contributed by atoms with E-state index in [-0.39, 0.29) is 16.8 Å². The van der Waals surface area contributed by atoms with Crippen molar-refractivity contribution in [2.24, 2.45) is 0 Å². The normalized spacial score (nSPS) is 20.2. The van der Waals surface area contributed by atoms with Crippen molar-refractivity contribution in [2.75, 3.05) is 18.0 Å². The molecule has 1 aromatic carbocycles. The molecule has 0 N–H and O–H groups in total. The maximum Gasteiger partial charge on any atom is 0.245 e. The van der Waals surface area contributed by atoms with Crippen LogP contribution in [0.15, 0.2) is 44.3 Å². The van der Waals surface area contributed by atoms with E-state index in [1.165, 1.54) is 4.31 Å². The Morgan fingerprint density at radius 2 is 2.15 bits per heavy atom. The standard InChI is InChI=1S/C19H21BrN2O4S/c1-2-18(23)21-9-7-13-11-14(20)12-17(19(13)21)27(24,25)22-8-3-5-15(22)16-6-4-10-26-16/h4,6,10-12,15H,2-3,5,7-9H2,1H3/t15-/m0/s1. The number of halogens is 1. The van der Waals surface area contributed by atoms with Crippen LogP contribution in [0.5, 0.6) is 0 Å². The van der Waals surface area contributed by atoms with Crippen LogP contribution in [0.1, 0.15) is 43.6 Å². The van der Waals surface area contributed by atoms with E-state index in [9.17, 15) is 13.2 Å². The zero-order chi connectivity index (χ0) is 19.2. The number of rotatable bonds is 4. The Morgan fingerprint density at radius 1 is 1.33 bits per heavy atom. The topological polar surface area (TPSA) is 70.8 Å². The third-order valence-electron chi connectivity index (χ3n) is 5.26. The fraction of sp³-hybridized carbons (Fsp3) is 0.421. The van der Waals surface area contributed by atoms with Crippen LogP contribution in [0.2, 0.25) is 0 Å². The first-order valence-corrected chi connectivity index (χ1v) is 11.3. The number of nitrogens with zero attached hydrogens (tertiary/aromatic N) is 2. The van der Waals surface area contributed by atoms with Gasteiger partial charge >= 0.3 is 0 Å². The molecule has 3 heterocycles. The lowest BCUT2D eigenvalue weighted by atomic mass is 10.2. The van der Waals surface area contributed by atoms with Crippen molar-refractivity contribution in [1.29, 1.82) is 0 Å². The van der Waals surface area contributed by atoms with Crippen LogP contribution in [-0.2, 0) is 21.2 Å². The first kappa shape index (κ1) is 18.7. The second kappa shape index (κ2) is 7.07. The Morgan fingerprint density at radius 3 is 2.85 bits per heavy atom. The Bertz CT molecular complexity index is 972. The summed E-state index contributed by atoms with van der Waals surface area (Å²) in [5, 5.41) is 0. The Hall–Kier alpha value is -1.64. The zero-order valence-corrected chi connectivity index (χ0v) is 17.4. The minimum Gasteiger partial charge on any atom is -0.468 e. The fourth-order valence-corrected chi connectivity index (χ4v) is 6.61. The molecule has 6 nitrogen and oxygen atoms in total. The second-order valence-electron chi connectivity index (χ2n) is 6.85. The SMILES string of the molecule is CCC(=O)N1CCc2cc(Br)cc(S(=O)(=O)N3CCC[C@H]3c3ccco3)c21. The van der Waals surface area contributed by atoms with Gasteiger partial charge in [-0.25, -0.2) is 8.42 Å². The molecule has 1 atom stereocenters. The summed E-state index contributed by atoms with van der Waals surface area (Å²) in [7, 11) is -3.79. The predicted molar refractivity (Wildman–Crippen MR) is 105 cm³/mol. The van der Waals surface area contributed by atoms with Gasteiger partial charge in [0.2, 0.25) is 15.9 Å². The number of carbonyl (C=O) groups excluding carboxylic acids is 1. The van der Waals surface area contributed by atoms with Crippen molar-refractivity contribution in [3.05, 3.63) is 46.3 Å². The maximum absolute atomic E-state index is 13.6. The molecular formula is C19H21BrN2O4S. The molecule has 0 saturated carbocycles. The Kier molecular flexibility index (Phi) is 4.90. The highest BCUT2D eigenvalue weighted by Crippen LogP contribution is 2.43. The van der Waals surface area contributed by atoms with Gasteiger partial charge in [-0.15, -0.1) is 0 Å². The molecule has 1 aromatic heterocycles. The minimum atomic E-state index is -3.79. The van der Waals surface area contributed by atoms with Gasteiger partial charge in [0, 0.05) is 24.0 Å². The summed E-state index contributed by atoms with van der Waals surface area (Å²) in [4.78, 5) is 14.2. The van der Waals surface area contributed by atoms with Crippen LogP contribution >= 0.6 is 15.9 Å². The quantitative estimate of drug-likeness (QED) is 0.705. The first-order valence-electron chi connectivity index (χ1n) is 9.11. The summed E-state index contributed by atoms with van der Waals surface area (Å²) in [6.07, 6.45) is 4.06. The van der Waals surface area contributed by atoms with E-state index in [2.05, 4.69) is 15.9 Å². The smallest absolute Gasteiger partial charge is 0.245 e. The van der Waals surface area contributed by atoms with Gasteiger partial charge in [0.15, 0.2) is 0 Å². The molecule has 0 bridgehead atoms. The number of amides is 1. The molecule has 144 valence electrons. The lowest BCUT2D eigenvalue weighted by Gasteiger charge is -2.26. The molecule has 0 unspecified atom stereocenters. The molecule has 2 aliphatic heterocycles. The van der Waals surface area contributed by atoms with E-state index in [0.717, 1.165) is 18.4 Å². The molecule has 4 rings (SSSR count). The van der Waals surface area contributed by atoms with Gasteiger partial charge in [0.25, 0.3) is 0 Å². The minimum absolute atomic E-state index is 0.0588. The number of sulfonamides is 1. The molecule has 0 radical (unpaired) electrons. The van der Waals surface area contributed by atoms with E-state index in [4.69, 9.17) is 4.42 Å². The molecule has 27 heavy (non-hydrogen) atoms. The van der Waals surface area contributed by atoms with Crippen LogP contribution < -0.4 is 4.90 Å². The highest BCUT2D eigenvalue weighted by atomic mass is 79.9. The molecule has 0 aliphatic carbocycles. The van der Waals surface area contributed by atoms with E-state index in [0.29, 0.717) is 41.9 Å². The Labute approximate surface area is 167 Å². The van der Waals surface area contributed by atoms with E-state index in [1.54, 1.807) is 30.2 Å². The number of anilines is 1. The fourth-order valence-electron chi connectivity index (χ4n) is 4.03. The highest BCUT2D eigenvalue weighted by molar-refractivity contribution is 9.10. The third-order valence-corrected chi connectivity index (χ3v) is 7.64. The molecular weight excluding hydrogens is 432 g/mol. The van der Waals surface area contributed by atoms with Crippen molar-refractivity contribution in [3.63, 3.8) is 0 Å². The average molecular weight is 453 g/mol. The van der Waals surface area contributed by atoms with Gasteiger partial charge in [-0.05, 0) is 49.1 Å². The van der Waals surface area contributed by atoms with Gasteiger partial charge in [-0.3, -0.25) is 4.79 Å². The van der Waals surface area contributed by atoms with Crippen LogP contribution in [-0.4, -0.2) is 31.7 Å². The average Bonchev–Trinajstić information content (AvgIpc) is 3.38. The zero-order valence-electron chi connectivity index (χ0n) is 15.0. The summed E-state index contributed by atoms with van der Waals surface area (Å²) in [5.74, 6) is 0.598. The van der Waals surface area contributed by atoms with E-state index >= 15 is 0 Å². The number of hydrogen-bond acceptors (Lipinski definition) is 4. The first-order chi connectivity index (χ1) is 12.9. The third kappa shape index (κ3) is 3.13. The van der Waals surface area contributed by atoms with Crippen LogP contribution in [0.25, 0.3) is 0 Å². The molecule has 1 fully saturated rings. The summed E-state index contributed by atoms with van der Waals surface area (Å²) in [5.41, 5.74) is 1.42.